The Morgan fingerprint density at radius 2 is 1.94 bits per heavy atom. The summed E-state index contributed by atoms with van der Waals surface area (Å²) in [5.41, 5.74) is 1.46. The van der Waals surface area contributed by atoms with Gasteiger partial charge in [0, 0.05) is 19.3 Å². The van der Waals surface area contributed by atoms with Crippen LogP contribution in [0.3, 0.4) is 0 Å². The molecule has 0 aliphatic heterocycles. The number of aryl methyl sites for hydroxylation is 1. The van der Waals surface area contributed by atoms with Crippen LogP contribution < -0.4 is 4.90 Å². The molecule has 1 rings (SSSR count). The van der Waals surface area contributed by atoms with E-state index in [0.29, 0.717) is 6.04 Å². The van der Waals surface area contributed by atoms with Crippen molar-refractivity contribution in [3.63, 3.8) is 0 Å². The van der Waals surface area contributed by atoms with Crippen LogP contribution in [0.15, 0.2) is 16.7 Å². The molecular weight excluding hydrogens is 264 g/mol. The number of halogens is 1. The van der Waals surface area contributed by atoms with Crippen molar-refractivity contribution < 1.29 is 0 Å². The zero-order chi connectivity index (χ0) is 12.5. The molecule has 16 heavy (non-hydrogen) atoms. The minimum Gasteiger partial charge on any atom is -0.356 e. The van der Waals surface area contributed by atoms with Gasteiger partial charge < -0.3 is 4.90 Å². The summed E-state index contributed by atoms with van der Waals surface area (Å²) in [5.74, 6) is 1.02. The first-order chi connectivity index (χ1) is 7.25. The lowest BCUT2D eigenvalue weighted by molar-refractivity contribution is 0.328. The maximum Gasteiger partial charge on any atom is 0.143 e. The van der Waals surface area contributed by atoms with Crippen molar-refractivity contribution in [3.05, 3.63) is 22.3 Å². The lowest BCUT2D eigenvalue weighted by Gasteiger charge is -2.36. The Bertz CT molecular complexity index is 369. The van der Waals surface area contributed by atoms with Crippen LogP contribution in [-0.4, -0.2) is 18.1 Å². The largest absolute Gasteiger partial charge is 0.356 e. The van der Waals surface area contributed by atoms with Gasteiger partial charge in [-0.05, 0) is 46.8 Å². The fourth-order valence-corrected chi connectivity index (χ4v) is 2.05. The highest BCUT2D eigenvalue weighted by Crippen LogP contribution is 2.31. The van der Waals surface area contributed by atoms with E-state index in [4.69, 9.17) is 0 Å². The average molecular weight is 285 g/mol. The van der Waals surface area contributed by atoms with Crippen LogP contribution in [0.2, 0.25) is 0 Å². The van der Waals surface area contributed by atoms with Crippen molar-refractivity contribution in [1.29, 1.82) is 0 Å². The number of nitrogens with zero attached hydrogens (tertiary/aromatic N) is 2. The van der Waals surface area contributed by atoms with Gasteiger partial charge in [0.2, 0.25) is 0 Å². The molecule has 0 amide bonds. The normalized spacial score (nSPS) is 13.7. The lowest BCUT2D eigenvalue weighted by Crippen LogP contribution is -2.40. The number of anilines is 1. The maximum absolute atomic E-state index is 4.45. The summed E-state index contributed by atoms with van der Waals surface area (Å²) in [4.78, 5) is 6.69. The first-order valence-electron chi connectivity index (χ1n) is 5.59. The molecule has 0 N–H and O–H groups in total. The van der Waals surface area contributed by atoms with Gasteiger partial charge in [0.25, 0.3) is 0 Å². The second-order valence-electron chi connectivity index (χ2n) is 5.42. The highest BCUT2D eigenvalue weighted by atomic mass is 79.9. The molecule has 1 unspecified atom stereocenters. The SMILES string of the molecule is Cc1ccnc(N(C)C(C)C(C)(C)C)c1Br. The van der Waals surface area contributed by atoms with Crippen molar-refractivity contribution >= 4 is 21.7 Å². The molecule has 0 saturated carbocycles. The smallest absolute Gasteiger partial charge is 0.143 e. The molecule has 3 heteroatoms. The molecule has 2 nitrogen and oxygen atoms in total. The maximum atomic E-state index is 4.45. The van der Waals surface area contributed by atoms with Gasteiger partial charge in [-0.15, -0.1) is 0 Å². The molecule has 90 valence electrons. The summed E-state index contributed by atoms with van der Waals surface area (Å²) in [7, 11) is 2.10. The van der Waals surface area contributed by atoms with E-state index in [2.05, 4.69) is 67.5 Å². The molecule has 1 aromatic rings. The van der Waals surface area contributed by atoms with E-state index in [9.17, 15) is 0 Å². The zero-order valence-electron chi connectivity index (χ0n) is 11.0. The monoisotopic (exact) mass is 284 g/mol. The Morgan fingerprint density at radius 1 is 1.38 bits per heavy atom. The predicted molar refractivity (Wildman–Crippen MR) is 74.0 cm³/mol. The van der Waals surface area contributed by atoms with Crippen molar-refractivity contribution in [2.45, 2.75) is 40.7 Å². The first kappa shape index (κ1) is 13.5. The quantitative estimate of drug-likeness (QED) is 0.815. The van der Waals surface area contributed by atoms with E-state index in [1.165, 1.54) is 5.56 Å². The second kappa shape index (κ2) is 4.74. The lowest BCUT2D eigenvalue weighted by atomic mass is 9.87. The summed E-state index contributed by atoms with van der Waals surface area (Å²) in [6.07, 6.45) is 1.86. The summed E-state index contributed by atoms with van der Waals surface area (Å²) < 4.78 is 1.09. The third-order valence-electron chi connectivity index (χ3n) is 3.23. The van der Waals surface area contributed by atoms with Crippen LogP contribution in [0.4, 0.5) is 5.82 Å². The molecule has 0 radical (unpaired) electrons. The van der Waals surface area contributed by atoms with E-state index in [0.717, 1.165) is 10.3 Å². The molecule has 0 aliphatic rings. The van der Waals surface area contributed by atoms with Gasteiger partial charge in [-0.25, -0.2) is 4.98 Å². The molecule has 0 saturated heterocycles. The van der Waals surface area contributed by atoms with Gasteiger partial charge in [0.1, 0.15) is 5.82 Å². The molecule has 1 aromatic heterocycles. The fourth-order valence-electron chi connectivity index (χ4n) is 1.54. The van der Waals surface area contributed by atoms with Crippen LogP contribution in [0.25, 0.3) is 0 Å². The standard InChI is InChI=1S/C13H21BrN2/c1-9-7-8-15-12(11(9)14)16(6)10(2)13(3,4)5/h7-8,10H,1-6H3. The predicted octanol–water partition coefficient (Wildman–Crippen LogP) is 4.02. The summed E-state index contributed by atoms with van der Waals surface area (Å²) in [6.45, 7) is 11.1. The van der Waals surface area contributed by atoms with Gasteiger partial charge in [-0.2, -0.15) is 0 Å². The molecule has 0 aliphatic carbocycles. The number of aromatic nitrogens is 1. The van der Waals surface area contributed by atoms with Gasteiger partial charge in [0.05, 0.1) is 4.47 Å². The Kier molecular flexibility index (Phi) is 4.00. The average Bonchev–Trinajstić information content (AvgIpc) is 2.18. The third-order valence-corrected chi connectivity index (χ3v) is 4.21. The van der Waals surface area contributed by atoms with Crippen LogP contribution in [0, 0.1) is 12.3 Å². The van der Waals surface area contributed by atoms with Gasteiger partial charge in [-0.3, -0.25) is 0 Å². The molecule has 0 spiro atoms. The molecular formula is C13H21BrN2. The number of hydrogen-bond acceptors (Lipinski definition) is 2. The van der Waals surface area contributed by atoms with Gasteiger partial charge in [-0.1, -0.05) is 20.8 Å². The van der Waals surface area contributed by atoms with E-state index in [1.807, 2.05) is 12.3 Å². The molecule has 1 atom stereocenters. The minimum atomic E-state index is 0.236. The minimum absolute atomic E-state index is 0.236. The first-order valence-corrected chi connectivity index (χ1v) is 6.38. The fraction of sp³-hybridized carbons (Fsp3) is 0.615. The van der Waals surface area contributed by atoms with E-state index < -0.39 is 0 Å². The molecule has 0 fully saturated rings. The van der Waals surface area contributed by atoms with Crippen molar-refractivity contribution in [3.8, 4) is 0 Å². The topological polar surface area (TPSA) is 16.1 Å². The van der Waals surface area contributed by atoms with Crippen molar-refractivity contribution in [1.82, 2.24) is 4.98 Å². The number of pyridine rings is 1. The summed E-state index contributed by atoms with van der Waals surface area (Å²) >= 11 is 3.61. The van der Waals surface area contributed by atoms with Crippen LogP contribution in [-0.2, 0) is 0 Å². The molecule has 0 aromatic carbocycles. The summed E-state index contributed by atoms with van der Waals surface area (Å²) in [6, 6.07) is 2.45. The van der Waals surface area contributed by atoms with Crippen LogP contribution >= 0.6 is 15.9 Å². The van der Waals surface area contributed by atoms with Crippen LogP contribution in [0.5, 0.6) is 0 Å². The van der Waals surface area contributed by atoms with E-state index in [1.54, 1.807) is 0 Å². The Labute approximate surface area is 107 Å². The van der Waals surface area contributed by atoms with Crippen molar-refractivity contribution in [2.24, 2.45) is 5.41 Å². The van der Waals surface area contributed by atoms with Crippen molar-refractivity contribution in [2.75, 3.05) is 11.9 Å². The van der Waals surface area contributed by atoms with Crippen LogP contribution in [0.1, 0.15) is 33.3 Å². The number of rotatable bonds is 2. The third kappa shape index (κ3) is 2.76. The highest BCUT2D eigenvalue weighted by molar-refractivity contribution is 9.10. The van der Waals surface area contributed by atoms with Gasteiger partial charge in [0.15, 0.2) is 0 Å². The Morgan fingerprint density at radius 3 is 2.44 bits per heavy atom. The number of hydrogen-bond donors (Lipinski definition) is 0. The molecule has 1 heterocycles. The van der Waals surface area contributed by atoms with E-state index >= 15 is 0 Å². The Hall–Kier alpha value is -0.570. The Balaban J connectivity index is 3.06. The zero-order valence-corrected chi connectivity index (χ0v) is 12.6. The highest BCUT2D eigenvalue weighted by Gasteiger charge is 2.25. The summed E-state index contributed by atoms with van der Waals surface area (Å²) in [5, 5.41) is 0. The van der Waals surface area contributed by atoms with Gasteiger partial charge >= 0.3 is 0 Å². The molecule has 0 bridgehead atoms. The van der Waals surface area contributed by atoms with E-state index in [-0.39, 0.29) is 5.41 Å². The second-order valence-corrected chi connectivity index (χ2v) is 6.21.